The van der Waals surface area contributed by atoms with Crippen molar-refractivity contribution in [2.45, 2.75) is 6.54 Å². The molecule has 0 atom stereocenters. The molecule has 5 rings (SSSR count). The van der Waals surface area contributed by atoms with Crippen LogP contribution < -0.4 is 10.1 Å². The number of aromatic nitrogens is 3. The van der Waals surface area contributed by atoms with Crippen molar-refractivity contribution in [1.29, 1.82) is 0 Å². The number of rotatable bonds is 6. The predicted molar refractivity (Wildman–Crippen MR) is 133 cm³/mol. The van der Waals surface area contributed by atoms with Gasteiger partial charge in [-0.1, -0.05) is 35.9 Å². The van der Waals surface area contributed by atoms with Gasteiger partial charge < -0.3 is 19.9 Å². The number of nitrogens with zero attached hydrogens (tertiary/aromatic N) is 4. The third kappa shape index (κ3) is 4.80. The maximum Gasteiger partial charge on any atom is 0.232 e. The summed E-state index contributed by atoms with van der Waals surface area (Å²) in [5, 5.41) is 4.81. The molecule has 1 aliphatic heterocycles. The highest BCUT2D eigenvalue weighted by molar-refractivity contribution is 6.30. The van der Waals surface area contributed by atoms with E-state index in [4.69, 9.17) is 16.3 Å². The molecule has 170 valence electrons. The molecular formula is C25H27ClN6O. The number of methoxy groups -OCH3 is 1. The molecule has 0 aliphatic carbocycles. The average molecular weight is 463 g/mol. The molecule has 33 heavy (non-hydrogen) atoms. The molecule has 2 N–H and O–H groups in total. The van der Waals surface area contributed by atoms with Crippen LogP contribution in [0.25, 0.3) is 22.2 Å². The van der Waals surface area contributed by atoms with Crippen molar-refractivity contribution < 1.29 is 4.74 Å². The Kier molecular flexibility index (Phi) is 6.17. The Morgan fingerprint density at radius 1 is 1.06 bits per heavy atom. The second-order valence-corrected chi connectivity index (χ2v) is 8.83. The molecule has 0 spiro atoms. The van der Waals surface area contributed by atoms with E-state index in [2.05, 4.69) is 61.4 Å². The van der Waals surface area contributed by atoms with E-state index >= 15 is 0 Å². The van der Waals surface area contributed by atoms with E-state index in [0.29, 0.717) is 22.5 Å². The lowest BCUT2D eigenvalue weighted by molar-refractivity contribution is 0.148. The Labute approximate surface area is 198 Å². The number of benzene rings is 2. The van der Waals surface area contributed by atoms with Crippen molar-refractivity contribution >= 4 is 34.3 Å². The van der Waals surface area contributed by atoms with E-state index in [9.17, 15) is 0 Å². The van der Waals surface area contributed by atoms with Crippen LogP contribution in [0.3, 0.4) is 0 Å². The number of halogens is 1. The summed E-state index contributed by atoms with van der Waals surface area (Å²) in [6.45, 7) is 5.44. The lowest BCUT2D eigenvalue weighted by Gasteiger charge is -2.32. The molecule has 2 aromatic heterocycles. The van der Waals surface area contributed by atoms with Gasteiger partial charge in [0.25, 0.3) is 0 Å². The lowest BCUT2D eigenvalue weighted by Crippen LogP contribution is -2.43. The molecule has 1 fully saturated rings. The third-order valence-electron chi connectivity index (χ3n) is 6.04. The van der Waals surface area contributed by atoms with Crippen molar-refractivity contribution in [3.05, 3.63) is 65.3 Å². The van der Waals surface area contributed by atoms with Crippen LogP contribution in [0.5, 0.6) is 5.88 Å². The Morgan fingerprint density at radius 2 is 1.85 bits per heavy atom. The molecule has 1 saturated heterocycles. The van der Waals surface area contributed by atoms with Crippen molar-refractivity contribution in [3.63, 3.8) is 0 Å². The second kappa shape index (κ2) is 9.39. The Bertz CT molecular complexity index is 1250. The quantitative estimate of drug-likeness (QED) is 0.430. The predicted octanol–water partition coefficient (Wildman–Crippen LogP) is 4.78. The topological polar surface area (TPSA) is 69.3 Å². The molecule has 3 heterocycles. The van der Waals surface area contributed by atoms with E-state index in [0.717, 1.165) is 54.9 Å². The zero-order chi connectivity index (χ0) is 22.8. The molecule has 4 aromatic rings. The first-order valence-electron chi connectivity index (χ1n) is 11.0. The highest BCUT2D eigenvalue weighted by Gasteiger charge is 2.17. The number of fused-ring (bicyclic) bond motifs is 1. The maximum absolute atomic E-state index is 6.19. The van der Waals surface area contributed by atoms with Gasteiger partial charge in [0.05, 0.1) is 12.5 Å². The Hall–Kier alpha value is -3.13. The second-order valence-electron chi connectivity index (χ2n) is 8.39. The average Bonchev–Trinajstić information content (AvgIpc) is 3.25. The van der Waals surface area contributed by atoms with E-state index in [-0.39, 0.29) is 0 Å². The molecule has 0 bridgehead atoms. The summed E-state index contributed by atoms with van der Waals surface area (Å²) in [6, 6.07) is 16.1. The number of hydrogen-bond acceptors (Lipinski definition) is 6. The van der Waals surface area contributed by atoms with Crippen LogP contribution in [0.1, 0.15) is 5.56 Å². The van der Waals surface area contributed by atoms with Gasteiger partial charge in [0.15, 0.2) is 0 Å². The van der Waals surface area contributed by atoms with Crippen molar-refractivity contribution in [2.75, 3.05) is 45.7 Å². The molecule has 0 amide bonds. The first-order chi connectivity index (χ1) is 16.1. The summed E-state index contributed by atoms with van der Waals surface area (Å²) in [5.74, 6) is 0.982. The number of anilines is 2. The molecule has 0 saturated carbocycles. The summed E-state index contributed by atoms with van der Waals surface area (Å²) in [5.41, 5.74) is 4.86. The number of nitrogens with one attached hydrogen (secondary N) is 2. The summed E-state index contributed by atoms with van der Waals surface area (Å²) in [7, 11) is 3.80. The number of hydrogen-bond donors (Lipinski definition) is 2. The zero-order valence-electron chi connectivity index (χ0n) is 18.8. The van der Waals surface area contributed by atoms with Gasteiger partial charge in [-0.15, -0.1) is 0 Å². The summed E-state index contributed by atoms with van der Waals surface area (Å²) in [6.07, 6.45) is 1.91. The summed E-state index contributed by atoms with van der Waals surface area (Å²) in [4.78, 5) is 17.4. The summed E-state index contributed by atoms with van der Waals surface area (Å²) < 4.78 is 5.61. The number of aromatic amines is 1. The molecule has 0 radical (unpaired) electrons. The highest BCUT2D eigenvalue weighted by atomic mass is 35.5. The molecule has 8 heteroatoms. The molecule has 2 aromatic carbocycles. The molecule has 7 nitrogen and oxygen atoms in total. The zero-order valence-corrected chi connectivity index (χ0v) is 19.6. The number of H-pyrrole nitrogens is 1. The smallest absolute Gasteiger partial charge is 0.232 e. The van der Waals surface area contributed by atoms with Crippen LogP contribution in [0.15, 0.2) is 54.7 Å². The van der Waals surface area contributed by atoms with Crippen LogP contribution in [0.4, 0.5) is 11.6 Å². The van der Waals surface area contributed by atoms with E-state index in [1.54, 1.807) is 7.11 Å². The van der Waals surface area contributed by atoms with E-state index in [1.165, 1.54) is 5.56 Å². The van der Waals surface area contributed by atoms with Crippen LogP contribution >= 0.6 is 11.6 Å². The maximum atomic E-state index is 6.19. The van der Waals surface area contributed by atoms with Gasteiger partial charge in [-0.25, -0.2) is 0 Å². The van der Waals surface area contributed by atoms with E-state index < -0.39 is 0 Å². The number of likely N-dealkylation sites (N-methyl/N-ethyl adjacent to an activating group) is 1. The molecular weight excluding hydrogens is 436 g/mol. The number of ether oxygens (including phenoxy) is 1. The van der Waals surface area contributed by atoms with E-state index in [1.807, 2.05) is 30.5 Å². The van der Waals surface area contributed by atoms with Crippen LogP contribution in [-0.2, 0) is 6.54 Å². The monoisotopic (exact) mass is 462 g/mol. The lowest BCUT2D eigenvalue weighted by atomic mass is 10.1. The standard InChI is InChI=1S/C25H27ClN6O/c1-31-10-12-32(13-11-31)16-17-6-8-20(9-7-17)28-25-29-23-22(24(30-25)33-2)21(15-27-23)18-4-3-5-19(26)14-18/h3-9,14-15H,10-13,16H2,1-2H3,(H2,27,28,29,30). The van der Waals surface area contributed by atoms with Crippen LogP contribution in [0.2, 0.25) is 5.02 Å². The van der Waals surface area contributed by atoms with Gasteiger partial charge in [-0.3, -0.25) is 4.90 Å². The highest BCUT2D eigenvalue weighted by Crippen LogP contribution is 2.35. The third-order valence-corrected chi connectivity index (χ3v) is 6.27. The fourth-order valence-corrected chi connectivity index (χ4v) is 4.36. The van der Waals surface area contributed by atoms with Gasteiger partial charge in [0.1, 0.15) is 5.65 Å². The fourth-order valence-electron chi connectivity index (χ4n) is 4.17. The van der Waals surface area contributed by atoms with Gasteiger partial charge in [-0.2, -0.15) is 9.97 Å². The Balaban J connectivity index is 1.35. The minimum atomic E-state index is 0.477. The van der Waals surface area contributed by atoms with Crippen molar-refractivity contribution in [2.24, 2.45) is 0 Å². The largest absolute Gasteiger partial charge is 0.480 e. The molecule has 0 unspecified atom stereocenters. The van der Waals surface area contributed by atoms with Crippen molar-refractivity contribution in [3.8, 4) is 17.0 Å². The first kappa shape index (κ1) is 21.7. The molecule has 1 aliphatic rings. The van der Waals surface area contributed by atoms with Gasteiger partial charge in [0.2, 0.25) is 11.8 Å². The minimum absolute atomic E-state index is 0.477. The van der Waals surface area contributed by atoms with Gasteiger partial charge >= 0.3 is 0 Å². The minimum Gasteiger partial charge on any atom is -0.480 e. The number of piperazine rings is 1. The summed E-state index contributed by atoms with van der Waals surface area (Å²) >= 11 is 6.19. The Morgan fingerprint density at radius 3 is 2.58 bits per heavy atom. The first-order valence-corrected chi connectivity index (χ1v) is 11.4. The van der Waals surface area contributed by atoms with Crippen LogP contribution in [0, 0.1) is 0 Å². The normalized spacial score (nSPS) is 15.1. The van der Waals surface area contributed by atoms with Gasteiger partial charge in [0, 0.05) is 55.2 Å². The van der Waals surface area contributed by atoms with Crippen molar-refractivity contribution in [1.82, 2.24) is 24.8 Å². The van der Waals surface area contributed by atoms with Gasteiger partial charge in [-0.05, 0) is 42.4 Å². The SMILES string of the molecule is COc1nc(Nc2ccc(CN3CCN(C)CC3)cc2)nc2[nH]cc(-c3cccc(Cl)c3)c12. The van der Waals surface area contributed by atoms with Crippen LogP contribution in [-0.4, -0.2) is 65.1 Å². The fraction of sp³-hybridized carbons (Fsp3) is 0.280.